The Morgan fingerprint density at radius 2 is 1.94 bits per heavy atom. The van der Waals surface area contributed by atoms with Crippen molar-refractivity contribution in [2.45, 2.75) is 18.0 Å². The summed E-state index contributed by atoms with van der Waals surface area (Å²) in [5, 5.41) is 1.09. The van der Waals surface area contributed by atoms with E-state index in [4.69, 9.17) is 0 Å². The molecule has 2 aromatic rings. The number of fused-ring (bicyclic) bond motifs is 1. The highest BCUT2D eigenvalue weighted by atomic mass is 32.2. The first-order valence-corrected chi connectivity index (χ1v) is 6.69. The van der Waals surface area contributed by atoms with Crippen LogP contribution in [0.2, 0.25) is 0 Å². The number of rotatable bonds is 1. The summed E-state index contributed by atoms with van der Waals surface area (Å²) in [6.07, 6.45) is 0. The molecule has 0 radical (unpaired) electrons. The minimum absolute atomic E-state index is 0.110. The molecule has 1 unspecified atom stereocenters. The average molecular weight is 243 g/mol. The van der Waals surface area contributed by atoms with Crippen molar-refractivity contribution in [3.8, 4) is 11.1 Å². The number of thioether (sulfide) groups is 1. The van der Waals surface area contributed by atoms with Crippen LogP contribution in [-0.4, -0.2) is 10.3 Å². The largest absolute Gasteiger partial charge is 0.299 e. The minimum Gasteiger partial charge on any atom is -0.299 e. The Kier molecular flexibility index (Phi) is 2.56. The molecule has 0 saturated heterocycles. The van der Waals surface area contributed by atoms with Crippen molar-refractivity contribution >= 4 is 11.8 Å². The quantitative estimate of drug-likeness (QED) is 0.767. The van der Waals surface area contributed by atoms with Crippen molar-refractivity contribution in [2.75, 3.05) is 5.75 Å². The Morgan fingerprint density at radius 3 is 2.71 bits per heavy atom. The monoisotopic (exact) mass is 243 g/mol. The van der Waals surface area contributed by atoms with E-state index in [0.717, 1.165) is 21.9 Å². The second-order valence-electron chi connectivity index (χ2n) is 4.32. The number of benzene rings is 1. The third kappa shape index (κ3) is 1.80. The van der Waals surface area contributed by atoms with E-state index < -0.39 is 0 Å². The van der Waals surface area contributed by atoms with Crippen molar-refractivity contribution in [1.29, 1.82) is 0 Å². The fraction of sp³-hybridized carbons (Fsp3) is 0.214. The van der Waals surface area contributed by atoms with Gasteiger partial charge >= 0.3 is 0 Å². The molecular weight excluding hydrogens is 230 g/mol. The second kappa shape index (κ2) is 4.08. The highest BCUT2D eigenvalue weighted by molar-refractivity contribution is 7.99. The van der Waals surface area contributed by atoms with E-state index in [1.165, 1.54) is 0 Å². The van der Waals surface area contributed by atoms with Crippen molar-refractivity contribution in [3.05, 3.63) is 52.8 Å². The molecular formula is C14H13NOS. The maximum atomic E-state index is 12.1. The van der Waals surface area contributed by atoms with Crippen LogP contribution in [0.4, 0.5) is 0 Å². The molecule has 1 aromatic heterocycles. The van der Waals surface area contributed by atoms with Gasteiger partial charge in [0.25, 0.3) is 5.56 Å². The van der Waals surface area contributed by atoms with Crippen molar-refractivity contribution in [1.82, 2.24) is 4.57 Å². The Hall–Kier alpha value is -1.48. The zero-order valence-electron chi connectivity index (χ0n) is 9.59. The zero-order valence-corrected chi connectivity index (χ0v) is 10.4. The summed E-state index contributed by atoms with van der Waals surface area (Å²) in [6.45, 7) is 2.09. The number of aromatic nitrogens is 1. The fourth-order valence-corrected chi connectivity index (χ4v) is 3.36. The number of pyridine rings is 1. The van der Waals surface area contributed by atoms with Crippen LogP contribution < -0.4 is 5.56 Å². The van der Waals surface area contributed by atoms with Crippen LogP contribution in [0.3, 0.4) is 0 Å². The van der Waals surface area contributed by atoms with Gasteiger partial charge in [-0.05, 0) is 24.1 Å². The summed E-state index contributed by atoms with van der Waals surface area (Å²) in [4.78, 5) is 12.1. The lowest BCUT2D eigenvalue weighted by Crippen LogP contribution is -2.21. The molecule has 3 rings (SSSR count). The smallest absolute Gasteiger partial charge is 0.252 e. The molecule has 1 aliphatic heterocycles. The number of hydrogen-bond donors (Lipinski definition) is 0. The van der Waals surface area contributed by atoms with Gasteiger partial charge < -0.3 is 0 Å². The summed E-state index contributed by atoms with van der Waals surface area (Å²) < 4.78 is 1.89. The van der Waals surface area contributed by atoms with E-state index in [-0.39, 0.29) is 5.56 Å². The van der Waals surface area contributed by atoms with E-state index in [1.54, 1.807) is 17.8 Å². The summed E-state index contributed by atoms with van der Waals surface area (Å²) in [7, 11) is 0. The van der Waals surface area contributed by atoms with Gasteiger partial charge in [0, 0.05) is 17.9 Å². The van der Waals surface area contributed by atoms with E-state index in [1.807, 2.05) is 34.9 Å². The summed E-state index contributed by atoms with van der Waals surface area (Å²) in [6, 6.07) is 14.2. The molecule has 0 amide bonds. The second-order valence-corrected chi connectivity index (χ2v) is 5.36. The maximum Gasteiger partial charge on any atom is 0.252 e. The SMILES string of the molecule is CC1CSc2cc(-c3ccccc3)cc(=O)n21. The normalized spacial score (nSPS) is 18.1. The third-order valence-corrected chi connectivity index (χ3v) is 4.31. The fourth-order valence-electron chi connectivity index (χ4n) is 2.18. The van der Waals surface area contributed by atoms with E-state index >= 15 is 0 Å². The topological polar surface area (TPSA) is 22.0 Å². The molecule has 86 valence electrons. The van der Waals surface area contributed by atoms with Crippen LogP contribution >= 0.6 is 11.8 Å². The number of nitrogens with zero attached hydrogens (tertiary/aromatic N) is 1. The first kappa shape index (κ1) is 10.7. The van der Waals surface area contributed by atoms with Crippen LogP contribution in [0.5, 0.6) is 0 Å². The highest BCUT2D eigenvalue weighted by Crippen LogP contribution is 2.33. The van der Waals surface area contributed by atoms with Crippen LogP contribution in [-0.2, 0) is 0 Å². The van der Waals surface area contributed by atoms with Crippen LogP contribution in [0.25, 0.3) is 11.1 Å². The zero-order chi connectivity index (χ0) is 11.8. The average Bonchev–Trinajstić information content (AvgIpc) is 2.73. The summed E-state index contributed by atoms with van der Waals surface area (Å²) in [5.41, 5.74) is 2.23. The Bertz CT molecular complexity index is 603. The first-order valence-electron chi connectivity index (χ1n) is 5.70. The Morgan fingerprint density at radius 1 is 1.18 bits per heavy atom. The van der Waals surface area contributed by atoms with E-state index in [9.17, 15) is 4.79 Å². The maximum absolute atomic E-state index is 12.1. The summed E-state index contributed by atoms with van der Waals surface area (Å²) in [5.74, 6) is 0.994. The molecule has 1 aliphatic rings. The lowest BCUT2D eigenvalue weighted by Gasteiger charge is -2.09. The predicted molar refractivity (Wildman–Crippen MR) is 71.6 cm³/mol. The molecule has 2 heterocycles. The van der Waals surface area contributed by atoms with E-state index in [0.29, 0.717) is 6.04 Å². The molecule has 3 heteroatoms. The van der Waals surface area contributed by atoms with Crippen molar-refractivity contribution in [3.63, 3.8) is 0 Å². The van der Waals surface area contributed by atoms with Gasteiger partial charge in [0.15, 0.2) is 0 Å². The molecule has 1 aromatic carbocycles. The Labute approximate surface area is 104 Å². The number of hydrogen-bond acceptors (Lipinski definition) is 2. The lowest BCUT2D eigenvalue weighted by molar-refractivity contribution is 0.564. The van der Waals surface area contributed by atoms with Crippen molar-refractivity contribution < 1.29 is 0 Å². The van der Waals surface area contributed by atoms with Gasteiger partial charge in [0.05, 0.1) is 5.03 Å². The predicted octanol–water partition coefficient (Wildman–Crippen LogP) is 3.18. The van der Waals surface area contributed by atoms with Gasteiger partial charge in [-0.1, -0.05) is 30.3 Å². The lowest BCUT2D eigenvalue weighted by atomic mass is 10.1. The molecule has 0 saturated carbocycles. The summed E-state index contributed by atoms with van der Waals surface area (Å²) >= 11 is 1.76. The highest BCUT2D eigenvalue weighted by Gasteiger charge is 2.20. The van der Waals surface area contributed by atoms with E-state index in [2.05, 4.69) is 13.0 Å². The van der Waals surface area contributed by atoms with Crippen LogP contribution in [0, 0.1) is 0 Å². The molecule has 0 spiro atoms. The van der Waals surface area contributed by atoms with Crippen LogP contribution in [0.1, 0.15) is 13.0 Å². The first-order chi connectivity index (χ1) is 8.25. The van der Waals surface area contributed by atoms with Gasteiger partial charge in [-0.25, -0.2) is 0 Å². The van der Waals surface area contributed by atoms with Gasteiger partial charge in [-0.15, -0.1) is 11.8 Å². The van der Waals surface area contributed by atoms with Gasteiger partial charge in [-0.2, -0.15) is 0 Å². The molecule has 0 N–H and O–H groups in total. The minimum atomic E-state index is 0.110. The van der Waals surface area contributed by atoms with Gasteiger partial charge in [-0.3, -0.25) is 9.36 Å². The molecule has 0 bridgehead atoms. The molecule has 0 fully saturated rings. The third-order valence-electron chi connectivity index (χ3n) is 3.05. The molecule has 17 heavy (non-hydrogen) atoms. The van der Waals surface area contributed by atoms with Crippen LogP contribution in [0.15, 0.2) is 52.3 Å². The van der Waals surface area contributed by atoms with Gasteiger partial charge in [0.2, 0.25) is 0 Å². The molecule has 2 nitrogen and oxygen atoms in total. The standard InChI is InChI=1S/C14H13NOS/c1-10-9-17-14-8-12(7-13(16)15(10)14)11-5-3-2-4-6-11/h2-8,10H,9H2,1H3. The van der Waals surface area contributed by atoms with Crippen molar-refractivity contribution in [2.24, 2.45) is 0 Å². The Balaban J connectivity index is 2.17. The molecule has 0 aliphatic carbocycles. The van der Waals surface area contributed by atoms with Gasteiger partial charge in [0.1, 0.15) is 0 Å². The molecule has 1 atom stereocenters.